The second kappa shape index (κ2) is 9.08. The van der Waals surface area contributed by atoms with Gasteiger partial charge in [0.1, 0.15) is 5.75 Å². The molecule has 0 amide bonds. The first-order chi connectivity index (χ1) is 11.6. The quantitative estimate of drug-likeness (QED) is 0.421. The lowest BCUT2D eigenvalue weighted by Gasteiger charge is -2.26. The lowest BCUT2D eigenvalue weighted by atomic mass is 10.0. The van der Waals surface area contributed by atoms with E-state index in [1.807, 2.05) is 18.2 Å². The molecule has 0 aliphatic carbocycles. The van der Waals surface area contributed by atoms with E-state index < -0.39 is 0 Å². The first kappa shape index (κ1) is 19.6. The van der Waals surface area contributed by atoms with Gasteiger partial charge in [-0.15, -0.1) is 24.0 Å². The molecule has 4 nitrogen and oxygen atoms in total. The number of rotatable bonds is 4. The molecule has 0 saturated heterocycles. The van der Waals surface area contributed by atoms with Crippen LogP contribution in [0, 0.1) is 13.8 Å². The van der Waals surface area contributed by atoms with E-state index in [0.29, 0.717) is 19.1 Å². The van der Waals surface area contributed by atoms with Crippen molar-refractivity contribution in [3.63, 3.8) is 0 Å². The third-order valence-corrected chi connectivity index (χ3v) is 4.24. The number of benzene rings is 2. The number of ether oxygens (including phenoxy) is 1. The fourth-order valence-corrected chi connectivity index (χ4v) is 3.23. The third kappa shape index (κ3) is 5.36. The molecule has 0 bridgehead atoms. The van der Waals surface area contributed by atoms with Crippen molar-refractivity contribution in [3.8, 4) is 5.75 Å². The zero-order valence-electron chi connectivity index (χ0n) is 14.8. The van der Waals surface area contributed by atoms with E-state index in [0.717, 1.165) is 24.2 Å². The van der Waals surface area contributed by atoms with Crippen LogP contribution in [0.2, 0.25) is 0 Å². The fourth-order valence-electron chi connectivity index (χ4n) is 3.23. The molecule has 0 saturated carbocycles. The van der Waals surface area contributed by atoms with Crippen molar-refractivity contribution in [2.45, 2.75) is 32.7 Å². The van der Waals surface area contributed by atoms with E-state index in [9.17, 15) is 0 Å². The normalized spacial score (nSPS) is 16.4. The van der Waals surface area contributed by atoms with Crippen molar-refractivity contribution in [3.05, 3.63) is 64.7 Å². The Bertz CT molecular complexity index is 725. The maximum absolute atomic E-state index is 6.08. The van der Waals surface area contributed by atoms with E-state index in [-0.39, 0.29) is 30.0 Å². The average molecular weight is 451 g/mol. The zero-order valence-corrected chi connectivity index (χ0v) is 17.1. The molecule has 0 radical (unpaired) electrons. The minimum atomic E-state index is 0. The van der Waals surface area contributed by atoms with E-state index in [1.54, 1.807) is 0 Å². The fraction of sp³-hybridized carbons (Fsp3) is 0.350. The molecular formula is C20H26IN3O. The van der Waals surface area contributed by atoms with Gasteiger partial charge in [0.2, 0.25) is 0 Å². The van der Waals surface area contributed by atoms with Gasteiger partial charge in [-0.3, -0.25) is 4.99 Å². The Kier molecular flexibility index (Phi) is 7.11. The van der Waals surface area contributed by atoms with Crippen LogP contribution in [0.1, 0.15) is 34.7 Å². The Morgan fingerprint density at radius 2 is 1.92 bits per heavy atom. The topological polar surface area (TPSA) is 59.6 Å². The summed E-state index contributed by atoms with van der Waals surface area (Å²) in [5, 5.41) is 3.33. The van der Waals surface area contributed by atoms with Crippen LogP contribution in [0.25, 0.3) is 0 Å². The summed E-state index contributed by atoms with van der Waals surface area (Å²) in [5.41, 5.74) is 11.1. The molecule has 5 heteroatoms. The number of nitrogens with one attached hydrogen (secondary N) is 1. The van der Waals surface area contributed by atoms with Crippen molar-refractivity contribution in [1.29, 1.82) is 0 Å². The number of para-hydroxylation sites is 1. The lowest BCUT2D eigenvalue weighted by Crippen LogP contribution is -2.37. The summed E-state index contributed by atoms with van der Waals surface area (Å²) in [6, 6.07) is 14.9. The molecule has 3 N–H and O–H groups in total. The number of guanidine groups is 1. The number of aryl methyl sites for hydroxylation is 2. The van der Waals surface area contributed by atoms with Crippen LogP contribution in [0.4, 0.5) is 0 Å². The largest absolute Gasteiger partial charge is 0.493 e. The number of nitrogens with zero attached hydrogens (tertiary/aromatic N) is 1. The molecule has 0 aromatic heterocycles. The van der Waals surface area contributed by atoms with Crippen LogP contribution in [0.3, 0.4) is 0 Å². The van der Waals surface area contributed by atoms with Gasteiger partial charge in [-0.25, -0.2) is 0 Å². The number of fused-ring (bicyclic) bond motifs is 1. The number of hydrogen-bond acceptors (Lipinski definition) is 2. The molecule has 0 spiro atoms. The van der Waals surface area contributed by atoms with Gasteiger partial charge in [0.15, 0.2) is 5.96 Å². The second-order valence-electron chi connectivity index (χ2n) is 6.38. The first-order valence-electron chi connectivity index (χ1n) is 8.47. The Morgan fingerprint density at radius 1 is 1.20 bits per heavy atom. The van der Waals surface area contributed by atoms with Gasteiger partial charge in [-0.05, 0) is 31.9 Å². The summed E-state index contributed by atoms with van der Waals surface area (Å²) in [4.78, 5) is 4.49. The van der Waals surface area contributed by atoms with Crippen LogP contribution < -0.4 is 15.8 Å². The van der Waals surface area contributed by atoms with Gasteiger partial charge in [0.25, 0.3) is 0 Å². The van der Waals surface area contributed by atoms with Gasteiger partial charge in [0.05, 0.1) is 12.6 Å². The molecule has 134 valence electrons. The average Bonchev–Trinajstić information content (AvgIpc) is 2.54. The highest BCUT2D eigenvalue weighted by Gasteiger charge is 2.21. The van der Waals surface area contributed by atoms with E-state index in [1.165, 1.54) is 16.7 Å². The van der Waals surface area contributed by atoms with Crippen LogP contribution in [0.15, 0.2) is 47.5 Å². The van der Waals surface area contributed by atoms with Crippen molar-refractivity contribution in [2.75, 3.05) is 13.2 Å². The number of halogens is 1. The maximum atomic E-state index is 6.08. The van der Waals surface area contributed by atoms with Crippen LogP contribution in [0.5, 0.6) is 5.75 Å². The summed E-state index contributed by atoms with van der Waals surface area (Å²) in [7, 11) is 0. The summed E-state index contributed by atoms with van der Waals surface area (Å²) in [6.45, 7) is 5.63. The predicted octanol–water partition coefficient (Wildman–Crippen LogP) is 3.89. The van der Waals surface area contributed by atoms with Crippen molar-refractivity contribution in [1.82, 2.24) is 5.32 Å². The van der Waals surface area contributed by atoms with Crippen LogP contribution >= 0.6 is 24.0 Å². The second-order valence-corrected chi connectivity index (χ2v) is 6.38. The molecule has 1 unspecified atom stereocenters. The van der Waals surface area contributed by atoms with Crippen LogP contribution in [-0.4, -0.2) is 19.1 Å². The van der Waals surface area contributed by atoms with E-state index in [2.05, 4.69) is 48.4 Å². The molecule has 2 aromatic carbocycles. The molecule has 0 fully saturated rings. The van der Waals surface area contributed by atoms with Crippen molar-refractivity contribution >= 4 is 29.9 Å². The van der Waals surface area contributed by atoms with Gasteiger partial charge in [-0.2, -0.15) is 0 Å². The van der Waals surface area contributed by atoms with Gasteiger partial charge >= 0.3 is 0 Å². The van der Waals surface area contributed by atoms with Gasteiger partial charge in [0, 0.05) is 18.5 Å². The summed E-state index contributed by atoms with van der Waals surface area (Å²) in [5.74, 6) is 1.44. The lowest BCUT2D eigenvalue weighted by molar-refractivity contribution is 0.262. The highest BCUT2D eigenvalue weighted by atomic mass is 127. The monoisotopic (exact) mass is 451 g/mol. The smallest absolute Gasteiger partial charge is 0.189 e. The summed E-state index contributed by atoms with van der Waals surface area (Å²) < 4.78 is 5.68. The minimum absolute atomic E-state index is 0. The first-order valence-corrected chi connectivity index (χ1v) is 8.47. The number of nitrogens with two attached hydrogens (primary N) is 1. The summed E-state index contributed by atoms with van der Waals surface area (Å²) in [6.07, 6.45) is 1.79. The molecular weight excluding hydrogens is 425 g/mol. The Hall–Kier alpha value is -1.76. The van der Waals surface area contributed by atoms with Crippen molar-refractivity contribution in [2.24, 2.45) is 10.7 Å². The third-order valence-electron chi connectivity index (χ3n) is 4.24. The standard InChI is InChI=1S/C20H25N3O.HI/c1-14-11-15(2)13-16(12-14)7-9-22-20(21)23-18-8-10-24-19-6-4-3-5-17(18)19;/h3-6,11-13,18H,7-10H2,1-2H3,(H3,21,22,23);1H. The summed E-state index contributed by atoms with van der Waals surface area (Å²) >= 11 is 0. The molecule has 1 aliphatic rings. The highest BCUT2D eigenvalue weighted by Crippen LogP contribution is 2.31. The molecule has 25 heavy (non-hydrogen) atoms. The predicted molar refractivity (Wildman–Crippen MR) is 114 cm³/mol. The SMILES string of the molecule is Cc1cc(C)cc(CCN=C(N)NC2CCOc3ccccc32)c1.I. The van der Waals surface area contributed by atoms with Crippen LogP contribution in [-0.2, 0) is 6.42 Å². The zero-order chi connectivity index (χ0) is 16.9. The molecule has 2 aromatic rings. The highest BCUT2D eigenvalue weighted by molar-refractivity contribution is 14.0. The molecule has 1 heterocycles. The molecule has 1 atom stereocenters. The molecule has 3 rings (SSSR count). The van der Waals surface area contributed by atoms with E-state index >= 15 is 0 Å². The Labute approximate surface area is 166 Å². The van der Waals surface area contributed by atoms with Gasteiger partial charge < -0.3 is 15.8 Å². The Balaban J connectivity index is 0.00000225. The number of aliphatic imine (C=N–C) groups is 1. The van der Waals surface area contributed by atoms with E-state index in [4.69, 9.17) is 10.5 Å². The molecule has 1 aliphatic heterocycles. The van der Waals surface area contributed by atoms with Gasteiger partial charge in [-0.1, -0.05) is 47.5 Å². The number of hydrogen-bond donors (Lipinski definition) is 2. The Morgan fingerprint density at radius 3 is 2.68 bits per heavy atom. The van der Waals surface area contributed by atoms with Crippen molar-refractivity contribution < 1.29 is 4.74 Å². The maximum Gasteiger partial charge on any atom is 0.189 e. The minimum Gasteiger partial charge on any atom is -0.493 e.